The minimum absolute atomic E-state index is 0.0394. The summed E-state index contributed by atoms with van der Waals surface area (Å²) >= 11 is 0. The molecule has 1 heterocycles. The lowest BCUT2D eigenvalue weighted by Gasteiger charge is -2.12. The van der Waals surface area contributed by atoms with E-state index in [2.05, 4.69) is 4.98 Å². The molecule has 0 saturated heterocycles. The number of carbonyl (C=O) groups excluding carboxylic acids is 1. The number of para-hydroxylation sites is 1. The Kier molecular flexibility index (Phi) is 2.75. The molecule has 0 aliphatic carbocycles. The Balaban J connectivity index is 2.61. The Hall–Kier alpha value is -2.69. The fraction of sp³-hybridized carbons (Fsp3) is 0.133. The van der Waals surface area contributed by atoms with Gasteiger partial charge in [-0.05, 0) is 6.07 Å². The Bertz CT molecular complexity index is 820. The molecule has 0 aliphatic rings. The summed E-state index contributed by atoms with van der Waals surface area (Å²) in [5, 5.41) is 11.8. The number of rotatable bonds is 3. The van der Waals surface area contributed by atoms with Crippen LogP contribution >= 0.6 is 0 Å². The third kappa shape index (κ3) is 1.46. The molecule has 3 rings (SSSR count). The number of benzene rings is 2. The molecule has 0 spiro atoms. The second kappa shape index (κ2) is 4.45. The number of H-pyrrole nitrogens is 1. The van der Waals surface area contributed by atoms with Gasteiger partial charge in [-0.1, -0.05) is 18.2 Å². The fourth-order valence-electron chi connectivity index (χ4n) is 2.55. The maximum Gasteiger partial charge on any atom is 0.204 e. The number of hydrogen-bond acceptors (Lipinski definition) is 4. The van der Waals surface area contributed by atoms with Gasteiger partial charge in [-0.3, -0.25) is 4.79 Å². The van der Waals surface area contributed by atoms with Crippen molar-refractivity contribution in [1.29, 1.82) is 0 Å². The van der Waals surface area contributed by atoms with Gasteiger partial charge in [-0.25, -0.2) is 0 Å². The number of aromatic amines is 1. The van der Waals surface area contributed by atoms with Crippen LogP contribution in [0, 0.1) is 0 Å². The van der Waals surface area contributed by atoms with Crippen molar-refractivity contribution in [2.45, 2.75) is 0 Å². The lowest BCUT2D eigenvalue weighted by Crippen LogP contribution is -1.97. The number of hydrogen-bond donors (Lipinski definition) is 2. The van der Waals surface area contributed by atoms with E-state index in [-0.39, 0.29) is 17.2 Å². The number of aromatic nitrogens is 1. The second-order valence-corrected chi connectivity index (χ2v) is 4.37. The van der Waals surface area contributed by atoms with Gasteiger partial charge in [0.1, 0.15) is 0 Å². The molecule has 3 aromatic rings. The van der Waals surface area contributed by atoms with E-state index in [1.165, 1.54) is 14.2 Å². The van der Waals surface area contributed by atoms with E-state index >= 15 is 0 Å². The van der Waals surface area contributed by atoms with Crippen molar-refractivity contribution in [2.75, 3.05) is 14.2 Å². The van der Waals surface area contributed by atoms with Gasteiger partial charge in [0.2, 0.25) is 5.75 Å². The van der Waals surface area contributed by atoms with Crippen LogP contribution in [0.4, 0.5) is 0 Å². The van der Waals surface area contributed by atoms with E-state index in [9.17, 15) is 9.90 Å². The van der Waals surface area contributed by atoms with E-state index < -0.39 is 0 Å². The number of carbonyl (C=O) groups is 1. The van der Waals surface area contributed by atoms with Crippen molar-refractivity contribution in [3.63, 3.8) is 0 Å². The van der Waals surface area contributed by atoms with Crippen molar-refractivity contribution < 1.29 is 19.4 Å². The zero-order valence-electron chi connectivity index (χ0n) is 11.1. The number of aldehydes is 1. The molecule has 0 unspecified atom stereocenters. The molecule has 0 aliphatic heterocycles. The monoisotopic (exact) mass is 271 g/mol. The Morgan fingerprint density at radius 1 is 1.15 bits per heavy atom. The van der Waals surface area contributed by atoms with E-state index in [0.717, 1.165) is 10.9 Å². The predicted molar refractivity (Wildman–Crippen MR) is 76.0 cm³/mol. The van der Waals surface area contributed by atoms with E-state index in [0.29, 0.717) is 22.8 Å². The largest absolute Gasteiger partial charge is 0.504 e. The molecule has 0 saturated carbocycles. The summed E-state index contributed by atoms with van der Waals surface area (Å²) in [5.41, 5.74) is 1.70. The molecule has 0 radical (unpaired) electrons. The molecule has 5 nitrogen and oxygen atoms in total. The molecule has 0 atom stereocenters. The molecule has 1 aromatic heterocycles. The van der Waals surface area contributed by atoms with Gasteiger partial charge in [0.15, 0.2) is 17.8 Å². The van der Waals surface area contributed by atoms with Crippen molar-refractivity contribution in [3.05, 3.63) is 29.8 Å². The molecule has 2 N–H and O–H groups in total. The van der Waals surface area contributed by atoms with Crippen molar-refractivity contribution in [2.24, 2.45) is 0 Å². The zero-order valence-corrected chi connectivity index (χ0v) is 11.1. The van der Waals surface area contributed by atoms with Gasteiger partial charge < -0.3 is 19.6 Å². The summed E-state index contributed by atoms with van der Waals surface area (Å²) in [6.45, 7) is 0. The van der Waals surface area contributed by atoms with Crippen LogP contribution < -0.4 is 9.47 Å². The standard InChI is InChI=1S/C15H13NO4/c1-19-14-9(7-17)12-11(13(18)15(14)20-2)8-5-3-4-6-10(8)16-12/h3-7,16,18H,1-2H3. The third-order valence-corrected chi connectivity index (χ3v) is 3.40. The molecular formula is C15H13NO4. The Morgan fingerprint density at radius 3 is 2.50 bits per heavy atom. The topological polar surface area (TPSA) is 71.5 Å². The van der Waals surface area contributed by atoms with Crippen LogP contribution in [0.3, 0.4) is 0 Å². The first-order valence-electron chi connectivity index (χ1n) is 6.05. The van der Waals surface area contributed by atoms with Crippen LogP contribution in [0.25, 0.3) is 21.8 Å². The molecule has 0 amide bonds. The third-order valence-electron chi connectivity index (χ3n) is 3.40. The number of methoxy groups -OCH3 is 2. The highest BCUT2D eigenvalue weighted by Gasteiger charge is 2.23. The minimum Gasteiger partial charge on any atom is -0.504 e. The van der Waals surface area contributed by atoms with E-state index in [4.69, 9.17) is 9.47 Å². The summed E-state index contributed by atoms with van der Waals surface area (Å²) in [4.78, 5) is 14.6. The van der Waals surface area contributed by atoms with Crippen molar-refractivity contribution in [1.82, 2.24) is 4.98 Å². The molecule has 20 heavy (non-hydrogen) atoms. The van der Waals surface area contributed by atoms with Crippen LogP contribution in [-0.4, -0.2) is 30.6 Å². The van der Waals surface area contributed by atoms with Gasteiger partial charge in [-0.15, -0.1) is 0 Å². The molecular weight excluding hydrogens is 258 g/mol. The molecule has 0 fully saturated rings. The van der Waals surface area contributed by atoms with Gasteiger partial charge in [-0.2, -0.15) is 0 Å². The first kappa shape index (κ1) is 12.3. The maximum atomic E-state index is 11.4. The maximum absolute atomic E-state index is 11.4. The van der Waals surface area contributed by atoms with Crippen molar-refractivity contribution >= 4 is 28.1 Å². The normalized spacial score (nSPS) is 10.9. The first-order valence-corrected chi connectivity index (χ1v) is 6.05. The summed E-state index contributed by atoms with van der Waals surface area (Å²) in [7, 11) is 2.85. The molecule has 5 heteroatoms. The highest BCUT2D eigenvalue weighted by Crippen LogP contribution is 2.47. The summed E-state index contributed by atoms with van der Waals surface area (Å²) < 4.78 is 10.4. The second-order valence-electron chi connectivity index (χ2n) is 4.37. The fourth-order valence-corrected chi connectivity index (χ4v) is 2.55. The first-order chi connectivity index (χ1) is 9.72. The van der Waals surface area contributed by atoms with Crippen molar-refractivity contribution in [3.8, 4) is 17.2 Å². The SMILES string of the molecule is COc1c(OC)c(O)c2c([nH]c3ccccc32)c1C=O. The molecule has 2 aromatic carbocycles. The van der Waals surface area contributed by atoms with Crippen LogP contribution in [0.1, 0.15) is 10.4 Å². The lowest BCUT2D eigenvalue weighted by atomic mass is 10.1. The summed E-state index contributed by atoms with van der Waals surface area (Å²) in [6, 6.07) is 7.49. The van der Waals surface area contributed by atoms with Gasteiger partial charge in [0.25, 0.3) is 0 Å². The van der Waals surface area contributed by atoms with E-state index in [1.54, 1.807) is 0 Å². The smallest absolute Gasteiger partial charge is 0.204 e. The average molecular weight is 271 g/mol. The molecule has 0 bridgehead atoms. The Morgan fingerprint density at radius 2 is 1.85 bits per heavy atom. The molecule has 102 valence electrons. The summed E-state index contributed by atoms with van der Waals surface area (Å²) in [5.74, 6) is 0.341. The van der Waals surface area contributed by atoms with Gasteiger partial charge in [0.05, 0.1) is 30.7 Å². The number of phenols is 1. The predicted octanol–water partition coefficient (Wildman–Crippen LogP) is 2.86. The van der Waals surface area contributed by atoms with Crippen LogP contribution in [0.5, 0.6) is 17.2 Å². The number of aromatic hydroxyl groups is 1. The highest BCUT2D eigenvalue weighted by molar-refractivity contribution is 6.16. The number of phenolic OH excluding ortho intramolecular Hbond substituents is 1. The Labute approximate surface area is 114 Å². The average Bonchev–Trinajstić information content (AvgIpc) is 2.86. The number of ether oxygens (including phenoxy) is 2. The summed E-state index contributed by atoms with van der Waals surface area (Å²) in [6.07, 6.45) is 0.693. The van der Waals surface area contributed by atoms with Gasteiger partial charge in [0, 0.05) is 10.9 Å². The lowest BCUT2D eigenvalue weighted by molar-refractivity contribution is 0.112. The quantitative estimate of drug-likeness (QED) is 0.718. The van der Waals surface area contributed by atoms with Crippen LogP contribution in [-0.2, 0) is 0 Å². The van der Waals surface area contributed by atoms with Gasteiger partial charge >= 0.3 is 0 Å². The van der Waals surface area contributed by atoms with E-state index in [1.807, 2.05) is 24.3 Å². The van der Waals surface area contributed by atoms with Crippen LogP contribution in [0.2, 0.25) is 0 Å². The number of fused-ring (bicyclic) bond motifs is 3. The van der Waals surface area contributed by atoms with Crippen LogP contribution in [0.15, 0.2) is 24.3 Å². The zero-order chi connectivity index (χ0) is 14.3. The number of nitrogens with one attached hydrogen (secondary N) is 1. The minimum atomic E-state index is -0.0394. The highest BCUT2D eigenvalue weighted by atomic mass is 16.5.